The van der Waals surface area contributed by atoms with E-state index < -0.39 is 5.60 Å². The minimum absolute atomic E-state index is 0.0437. The lowest BCUT2D eigenvalue weighted by atomic mass is 9.91. The van der Waals surface area contributed by atoms with Crippen molar-refractivity contribution >= 4 is 5.91 Å². The van der Waals surface area contributed by atoms with Gasteiger partial charge in [0.1, 0.15) is 5.69 Å². The zero-order valence-corrected chi connectivity index (χ0v) is 10.6. The lowest BCUT2D eigenvalue weighted by molar-refractivity contribution is -0.0829. The Balaban J connectivity index is 2.09. The van der Waals surface area contributed by atoms with Crippen molar-refractivity contribution in [2.45, 2.75) is 32.3 Å². The van der Waals surface area contributed by atoms with Crippen molar-refractivity contribution in [3.63, 3.8) is 0 Å². The molecule has 0 bridgehead atoms. The molecule has 2 rings (SSSR count). The van der Waals surface area contributed by atoms with Crippen LogP contribution in [-0.4, -0.2) is 44.4 Å². The number of aromatic nitrogens is 2. The zero-order chi connectivity index (χ0) is 12.6. The Bertz CT molecular complexity index is 433. The molecule has 0 aromatic carbocycles. The van der Waals surface area contributed by atoms with Gasteiger partial charge in [-0.25, -0.2) is 0 Å². The third kappa shape index (κ3) is 2.07. The Hall–Kier alpha value is -1.36. The molecule has 1 amide bonds. The first-order valence-corrected chi connectivity index (χ1v) is 6.03. The van der Waals surface area contributed by atoms with Gasteiger partial charge in [0.15, 0.2) is 0 Å². The third-order valence-electron chi connectivity index (χ3n) is 3.43. The molecule has 1 fully saturated rings. The lowest BCUT2D eigenvalue weighted by Gasteiger charge is -2.45. The number of likely N-dealkylation sites (tertiary alicyclic amines) is 1. The summed E-state index contributed by atoms with van der Waals surface area (Å²) in [5, 5.41) is 14.1. The van der Waals surface area contributed by atoms with E-state index in [9.17, 15) is 9.90 Å². The highest BCUT2D eigenvalue weighted by molar-refractivity contribution is 5.93. The Kier molecular flexibility index (Phi) is 2.95. The maximum Gasteiger partial charge on any atom is 0.272 e. The van der Waals surface area contributed by atoms with Gasteiger partial charge in [0.05, 0.1) is 24.4 Å². The van der Waals surface area contributed by atoms with Gasteiger partial charge in [-0.1, -0.05) is 13.8 Å². The fourth-order valence-electron chi connectivity index (χ4n) is 2.09. The number of carbonyl (C=O) groups is 1. The van der Waals surface area contributed by atoms with Crippen LogP contribution in [0, 0.1) is 0 Å². The van der Waals surface area contributed by atoms with Crippen molar-refractivity contribution in [3.8, 4) is 0 Å². The Morgan fingerprint density at radius 1 is 1.53 bits per heavy atom. The van der Waals surface area contributed by atoms with Crippen molar-refractivity contribution in [3.05, 3.63) is 17.5 Å². The SMILES string of the molecule is CCc1cc(C(=O)N2CC(O)(CC)C2)n(C)n1. The number of nitrogens with zero attached hydrogens (tertiary/aromatic N) is 3. The summed E-state index contributed by atoms with van der Waals surface area (Å²) in [4.78, 5) is 13.8. The van der Waals surface area contributed by atoms with Gasteiger partial charge >= 0.3 is 0 Å². The van der Waals surface area contributed by atoms with Crippen molar-refractivity contribution < 1.29 is 9.90 Å². The summed E-state index contributed by atoms with van der Waals surface area (Å²) in [5.74, 6) is -0.0437. The summed E-state index contributed by atoms with van der Waals surface area (Å²) in [5.41, 5.74) is 0.837. The highest BCUT2D eigenvalue weighted by Gasteiger charge is 2.42. The summed E-state index contributed by atoms with van der Waals surface area (Å²) >= 11 is 0. The number of β-amino-alcohol motifs (C(OH)–C–C–N with tert-alkyl or cyclic N) is 1. The van der Waals surface area contributed by atoms with Crippen molar-refractivity contribution in [1.29, 1.82) is 0 Å². The predicted molar refractivity (Wildman–Crippen MR) is 63.7 cm³/mol. The zero-order valence-electron chi connectivity index (χ0n) is 10.6. The first-order valence-electron chi connectivity index (χ1n) is 6.03. The standard InChI is InChI=1S/C12H19N3O2/c1-4-9-6-10(14(3)13-9)11(16)15-7-12(17,5-2)8-15/h6,17H,4-5,7-8H2,1-3H3. The summed E-state index contributed by atoms with van der Waals surface area (Å²) < 4.78 is 1.62. The molecule has 1 aliphatic rings. The van der Waals surface area contributed by atoms with Crippen LogP contribution in [-0.2, 0) is 13.5 Å². The molecule has 2 heterocycles. The topological polar surface area (TPSA) is 58.4 Å². The second-order valence-electron chi connectivity index (χ2n) is 4.74. The molecule has 94 valence electrons. The maximum absolute atomic E-state index is 12.1. The number of hydrogen-bond donors (Lipinski definition) is 1. The molecular weight excluding hydrogens is 218 g/mol. The highest BCUT2D eigenvalue weighted by Crippen LogP contribution is 2.25. The van der Waals surface area contributed by atoms with E-state index in [1.807, 2.05) is 19.9 Å². The molecule has 0 atom stereocenters. The minimum Gasteiger partial charge on any atom is -0.386 e. The number of carbonyl (C=O) groups excluding carboxylic acids is 1. The van der Waals surface area contributed by atoms with Crippen LogP contribution >= 0.6 is 0 Å². The summed E-state index contributed by atoms with van der Waals surface area (Å²) in [6.07, 6.45) is 1.50. The van der Waals surface area contributed by atoms with Crippen molar-refractivity contribution in [2.75, 3.05) is 13.1 Å². The molecule has 5 nitrogen and oxygen atoms in total. The number of aryl methyl sites for hydroxylation is 2. The van der Waals surface area contributed by atoms with Crippen LogP contribution < -0.4 is 0 Å². The van der Waals surface area contributed by atoms with Gasteiger partial charge in [-0.3, -0.25) is 9.48 Å². The van der Waals surface area contributed by atoms with E-state index in [0.29, 0.717) is 25.2 Å². The average molecular weight is 237 g/mol. The molecule has 1 aliphatic heterocycles. The van der Waals surface area contributed by atoms with Crippen LogP contribution in [0.3, 0.4) is 0 Å². The molecule has 0 unspecified atom stereocenters. The van der Waals surface area contributed by atoms with Crippen LogP contribution in [0.4, 0.5) is 0 Å². The minimum atomic E-state index is -0.679. The number of rotatable bonds is 3. The van der Waals surface area contributed by atoms with E-state index >= 15 is 0 Å². The molecule has 1 N–H and O–H groups in total. The van der Waals surface area contributed by atoms with E-state index in [0.717, 1.165) is 12.1 Å². The van der Waals surface area contributed by atoms with Gasteiger partial charge in [-0.05, 0) is 18.9 Å². The van der Waals surface area contributed by atoms with E-state index in [1.165, 1.54) is 0 Å². The fraction of sp³-hybridized carbons (Fsp3) is 0.667. The van der Waals surface area contributed by atoms with Crippen molar-refractivity contribution in [1.82, 2.24) is 14.7 Å². The number of amides is 1. The molecule has 5 heteroatoms. The Labute approximate surface area is 101 Å². The molecule has 0 saturated carbocycles. The van der Waals surface area contributed by atoms with Crippen LogP contribution in [0.15, 0.2) is 6.07 Å². The number of aliphatic hydroxyl groups is 1. The van der Waals surface area contributed by atoms with Gasteiger partial charge in [0.25, 0.3) is 5.91 Å². The molecule has 1 aromatic heterocycles. The maximum atomic E-state index is 12.1. The van der Waals surface area contributed by atoms with Gasteiger partial charge in [0.2, 0.25) is 0 Å². The molecule has 1 saturated heterocycles. The Morgan fingerprint density at radius 3 is 2.65 bits per heavy atom. The van der Waals surface area contributed by atoms with E-state index in [4.69, 9.17) is 0 Å². The van der Waals surface area contributed by atoms with Gasteiger partial charge < -0.3 is 10.0 Å². The van der Waals surface area contributed by atoms with Crippen LogP contribution in [0.25, 0.3) is 0 Å². The average Bonchev–Trinajstić information content (AvgIpc) is 2.65. The van der Waals surface area contributed by atoms with E-state index in [-0.39, 0.29) is 5.91 Å². The molecule has 0 aliphatic carbocycles. The predicted octanol–water partition coefficient (Wildman–Crippen LogP) is 0.579. The first kappa shape index (κ1) is 12.1. The summed E-state index contributed by atoms with van der Waals surface area (Å²) in [6, 6.07) is 1.83. The first-order chi connectivity index (χ1) is 7.99. The molecule has 1 aromatic rings. The molecule has 0 radical (unpaired) electrons. The molecule has 17 heavy (non-hydrogen) atoms. The van der Waals surface area contributed by atoms with Gasteiger partial charge in [-0.15, -0.1) is 0 Å². The van der Waals surface area contributed by atoms with Crippen LogP contribution in [0.5, 0.6) is 0 Å². The molecule has 0 spiro atoms. The quantitative estimate of drug-likeness (QED) is 0.836. The summed E-state index contributed by atoms with van der Waals surface area (Å²) in [7, 11) is 1.78. The fourth-order valence-corrected chi connectivity index (χ4v) is 2.09. The van der Waals surface area contributed by atoms with Crippen molar-refractivity contribution in [2.24, 2.45) is 7.05 Å². The lowest BCUT2D eigenvalue weighted by Crippen LogP contribution is -2.63. The largest absolute Gasteiger partial charge is 0.386 e. The molecular formula is C12H19N3O2. The summed E-state index contributed by atoms with van der Waals surface area (Å²) in [6.45, 7) is 4.79. The second kappa shape index (κ2) is 4.14. The highest BCUT2D eigenvalue weighted by atomic mass is 16.3. The van der Waals surface area contributed by atoms with E-state index in [1.54, 1.807) is 16.6 Å². The third-order valence-corrected chi connectivity index (χ3v) is 3.43. The second-order valence-corrected chi connectivity index (χ2v) is 4.74. The van der Waals surface area contributed by atoms with Crippen LogP contribution in [0.1, 0.15) is 36.5 Å². The van der Waals surface area contributed by atoms with E-state index in [2.05, 4.69) is 5.10 Å². The monoisotopic (exact) mass is 237 g/mol. The smallest absolute Gasteiger partial charge is 0.272 e. The van der Waals surface area contributed by atoms with Gasteiger partial charge in [0, 0.05) is 7.05 Å². The van der Waals surface area contributed by atoms with Gasteiger partial charge in [-0.2, -0.15) is 5.10 Å². The number of hydrogen-bond acceptors (Lipinski definition) is 3. The van der Waals surface area contributed by atoms with Crippen LogP contribution in [0.2, 0.25) is 0 Å². The normalized spacial score (nSPS) is 18.0. The Morgan fingerprint density at radius 2 is 2.18 bits per heavy atom.